The summed E-state index contributed by atoms with van der Waals surface area (Å²) in [6.07, 6.45) is 0. The smallest absolute Gasteiger partial charge is 0.238 e. The maximum atomic E-state index is 12.0. The first-order valence-corrected chi connectivity index (χ1v) is 9.68. The number of hydrogen-bond acceptors (Lipinski definition) is 6. The molecule has 0 atom stereocenters. The number of H-pyrrole nitrogens is 1. The van der Waals surface area contributed by atoms with Gasteiger partial charge in [0.25, 0.3) is 0 Å². The number of thioether (sulfide) groups is 1. The van der Waals surface area contributed by atoms with Gasteiger partial charge < -0.3 is 5.32 Å². The molecule has 8 nitrogen and oxygen atoms in total. The first-order chi connectivity index (χ1) is 11.2. The lowest BCUT2D eigenvalue weighted by molar-refractivity contribution is -0.113. The van der Waals surface area contributed by atoms with Crippen molar-refractivity contribution >= 4 is 33.4 Å². The Morgan fingerprint density at radius 3 is 2.71 bits per heavy atom. The van der Waals surface area contributed by atoms with Crippen molar-refractivity contribution in [1.82, 2.24) is 15.2 Å². The quantitative estimate of drug-likeness (QED) is 0.663. The van der Waals surface area contributed by atoms with Crippen LogP contribution in [0.5, 0.6) is 0 Å². The van der Waals surface area contributed by atoms with Gasteiger partial charge in [0.2, 0.25) is 21.1 Å². The van der Waals surface area contributed by atoms with E-state index in [4.69, 9.17) is 5.14 Å². The van der Waals surface area contributed by atoms with Crippen molar-refractivity contribution in [2.75, 3.05) is 11.1 Å². The van der Waals surface area contributed by atoms with E-state index >= 15 is 0 Å². The van der Waals surface area contributed by atoms with E-state index in [1.165, 1.54) is 17.8 Å². The van der Waals surface area contributed by atoms with E-state index in [0.717, 1.165) is 5.82 Å². The van der Waals surface area contributed by atoms with Gasteiger partial charge in [-0.05, 0) is 24.6 Å². The molecule has 0 saturated heterocycles. The lowest BCUT2D eigenvalue weighted by atomic mass is 10.2. The molecule has 0 unspecified atom stereocenters. The molecule has 0 saturated carbocycles. The number of amides is 1. The SMILES string of the molecule is Cc1ccc(NC(=O)CSc2n[nH]c(C(C)C)n2)cc1S(N)(=O)=O. The van der Waals surface area contributed by atoms with Crippen LogP contribution in [0, 0.1) is 6.92 Å². The molecule has 0 radical (unpaired) electrons. The maximum absolute atomic E-state index is 12.0. The van der Waals surface area contributed by atoms with Crippen LogP contribution in [0.4, 0.5) is 5.69 Å². The summed E-state index contributed by atoms with van der Waals surface area (Å²) in [5.74, 6) is 0.799. The number of aromatic nitrogens is 3. The van der Waals surface area contributed by atoms with E-state index in [0.29, 0.717) is 16.4 Å². The van der Waals surface area contributed by atoms with Crippen LogP contribution in [-0.2, 0) is 14.8 Å². The highest BCUT2D eigenvalue weighted by molar-refractivity contribution is 7.99. The number of rotatable bonds is 6. The number of nitrogens with one attached hydrogen (secondary N) is 2. The fourth-order valence-electron chi connectivity index (χ4n) is 1.89. The Balaban J connectivity index is 1.99. The second-order valence-electron chi connectivity index (χ2n) is 5.52. The number of aromatic amines is 1. The van der Waals surface area contributed by atoms with Crippen molar-refractivity contribution in [1.29, 1.82) is 0 Å². The molecule has 1 heterocycles. The summed E-state index contributed by atoms with van der Waals surface area (Å²) < 4.78 is 23.0. The molecule has 0 aliphatic carbocycles. The van der Waals surface area contributed by atoms with Crippen molar-refractivity contribution in [2.45, 2.75) is 36.7 Å². The van der Waals surface area contributed by atoms with Gasteiger partial charge in [0, 0.05) is 11.6 Å². The van der Waals surface area contributed by atoms with Gasteiger partial charge in [-0.2, -0.15) is 0 Å². The van der Waals surface area contributed by atoms with Crippen LogP contribution in [-0.4, -0.2) is 35.3 Å². The van der Waals surface area contributed by atoms with Crippen LogP contribution in [0.25, 0.3) is 0 Å². The number of carbonyl (C=O) groups excluding carboxylic acids is 1. The minimum Gasteiger partial charge on any atom is -0.325 e. The Morgan fingerprint density at radius 1 is 1.42 bits per heavy atom. The molecule has 1 aromatic heterocycles. The third kappa shape index (κ3) is 4.79. The van der Waals surface area contributed by atoms with Gasteiger partial charge in [-0.1, -0.05) is 31.7 Å². The number of nitrogens with zero attached hydrogens (tertiary/aromatic N) is 2. The van der Waals surface area contributed by atoms with Crippen molar-refractivity contribution in [3.63, 3.8) is 0 Å². The van der Waals surface area contributed by atoms with Crippen LogP contribution < -0.4 is 10.5 Å². The Bertz CT molecular complexity index is 846. The second-order valence-corrected chi connectivity index (χ2v) is 7.99. The van der Waals surface area contributed by atoms with Crippen molar-refractivity contribution in [3.8, 4) is 0 Å². The third-order valence-electron chi connectivity index (χ3n) is 3.14. The lowest BCUT2D eigenvalue weighted by Crippen LogP contribution is -2.17. The van der Waals surface area contributed by atoms with Crippen molar-refractivity contribution in [3.05, 3.63) is 29.6 Å². The summed E-state index contributed by atoms with van der Waals surface area (Å²) in [7, 11) is -3.83. The van der Waals surface area contributed by atoms with E-state index in [1.54, 1.807) is 19.1 Å². The van der Waals surface area contributed by atoms with E-state index < -0.39 is 10.0 Å². The normalized spacial score (nSPS) is 11.7. The standard InChI is InChI=1S/C14H19N5O3S2/c1-8(2)13-17-14(19-18-13)23-7-12(20)16-10-5-4-9(3)11(6-10)24(15,21)22/h4-6,8H,7H2,1-3H3,(H,16,20)(H2,15,21,22)(H,17,18,19). The molecular formula is C14H19N5O3S2. The zero-order valence-corrected chi connectivity index (χ0v) is 15.2. The average molecular weight is 369 g/mol. The molecule has 130 valence electrons. The number of primary sulfonamides is 1. The summed E-state index contributed by atoms with van der Waals surface area (Å²) >= 11 is 1.19. The molecule has 1 amide bonds. The Kier molecular flexibility index (Phi) is 5.62. The van der Waals surface area contributed by atoms with Crippen LogP contribution in [0.15, 0.2) is 28.3 Å². The minimum absolute atomic E-state index is 0.0107. The van der Waals surface area contributed by atoms with E-state index in [9.17, 15) is 13.2 Å². The molecule has 0 spiro atoms. The number of benzene rings is 1. The van der Waals surface area contributed by atoms with E-state index in [2.05, 4.69) is 20.5 Å². The summed E-state index contributed by atoms with van der Waals surface area (Å²) in [5, 5.41) is 15.1. The fourth-order valence-corrected chi connectivity index (χ4v) is 3.31. The fraction of sp³-hybridized carbons (Fsp3) is 0.357. The Morgan fingerprint density at radius 2 is 2.12 bits per heavy atom. The first-order valence-electron chi connectivity index (χ1n) is 7.15. The molecule has 24 heavy (non-hydrogen) atoms. The molecular weight excluding hydrogens is 350 g/mol. The maximum Gasteiger partial charge on any atom is 0.238 e. The number of aryl methyl sites for hydroxylation is 1. The largest absolute Gasteiger partial charge is 0.325 e. The highest BCUT2D eigenvalue weighted by atomic mass is 32.2. The van der Waals surface area contributed by atoms with Crippen molar-refractivity contribution < 1.29 is 13.2 Å². The predicted molar refractivity (Wildman–Crippen MR) is 92.4 cm³/mol. The molecule has 0 aliphatic heterocycles. The predicted octanol–water partition coefficient (Wildman–Crippen LogP) is 1.61. The zero-order chi connectivity index (χ0) is 17.9. The molecule has 1 aromatic carbocycles. The Hall–Kier alpha value is -1.91. The molecule has 0 aliphatic rings. The first kappa shape index (κ1) is 18.4. The van der Waals surface area contributed by atoms with Gasteiger partial charge in [0.05, 0.1) is 10.6 Å². The summed E-state index contributed by atoms with van der Waals surface area (Å²) in [6, 6.07) is 4.56. The number of anilines is 1. The topological polar surface area (TPSA) is 131 Å². The van der Waals surface area contributed by atoms with E-state index in [1.807, 2.05) is 13.8 Å². The van der Waals surface area contributed by atoms with Crippen molar-refractivity contribution in [2.24, 2.45) is 5.14 Å². The number of nitrogens with two attached hydrogens (primary N) is 1. The van der Waals surface area contributed by atoms with Crippen LogP contribution in [0.3, 0.4) is 0 Å². The minimum atomic E-state index is -3.83. The molecule has 2 rings (SSSR count). The summed E-state index contributed by atoms with van der Waals surface area (Å²) in [5.41, 5.74) is 0.889. The zero-order valence-electron chi connectivity index (χ0n) is 13.5. The average Bonchev–Trinajstić information content (AvgIpc) is 2.95. The number of carbonyl (C=O) groups is 1. The number of sulfonamides is 1. The van der Waals surface area contributed by atoms with Gasteiger partial charge >= 0.3 is 0 Å². The highest BCUT2D eigenvalue weighted by Gasteiger charge is 2.14. The highest BCUT2D eigenvalue weighted by Crippen LogP contribution is 2.20. The molecule has 0 fully saturated rings. The Labute approximate surface area is 144 Å². The summed E-state index contributed by atoms with van der Waals surface area (Å²) in [4.78, 5) is 16.3. The molecule has 2 aromatic rings. The monoisotopic (exact) mass is 369 g/mol. The van der Waals surface area contributed by atoms with Gasteiger partial charge in [0.15, 0.2) is 0 Å². The molecule has 0 bridgehead atoms. The number of hydrogen-bond donors (Lipinski definition) is 3. The molecule has 4 N–H and O–H groups in total. The van der Waals surface area contributed by atoms with Gasteiger partial charge in [-0.15, -0.1) is 5.10 Å². The van der Waals surface area contributed by atoms with Gasteiger partial charge in [-0.25, -0.2) is 18.5 Å². The molecule has 10 heteroatoms. The third-order valence-corrected chi connectivity index (χ3v) is 5.04. The van der Waals surface area contributed by atoms with E-state index in [-0.39, 0.29) is 22.5 Å². The second kappa shape index (κ2) is 7.32. The lowest BCUT2D eigenvalue weighted by Gasteiger charge is -2.08. The van der Waals surface area contributed by atoms with Gasteiger partial charge in [0.1, 0.15) is 5.82 Å². The van der Waals surface area contributed by atoms with Crippen LogP contribution >= 0.6 is 11.8 Å². The van der Waals surface area contributed by atoms with Crippen LogP contribution in [0.1, 0.15) is 31.2 Å². The van der Waals surface area contributed by atoms with Crippen LogP contribution in [0.2, 0.25) is 0 Å². The summed E-state index contributed by atoms with van der Waals surface area (Å²) in [6.45, 7) is 5.61. The van der Waals surface area contributed by atoms with Gasteiger partial charge in [-0.3, -0.25) is 9.89 Å².